The van der Waals surface area contributed by atoms with Crippen LogP contribution in [-0.4, -0.2) is 44.2 Å². The molecule has 0 bridgehead atoms. The van der Waals surface area contributed by atoms with Crippen LogP contribution in [0.2, 0.25) is 0 Å². The molecule has 0 atom stereocenters. The van der Waals surface area contributed by atoms with Crippen molar-refractivity contribution in [2.45, 2.75) is 31.7 Å². The Balaban J connectivity index is 1.34. The number of rotatable bonds is 4. The number of carbonyl (C=O) groups excluding carboxylic acids is 1. The van der Waals surface area contributed by atoms with Crippen molar-refractivity contribution in [3.63, 3.8) is 0 Å². The van der Waals surface area contributed by atoms with Gasteiger partial charge in [-0.1, -0.05) is 54.1 Å². The van der Waals surface area contributed by atoms with Gasteiger partial charge in [-0.15, -0.1) is 0 Å². The molecule has 0 unspecified atom stereocenters. The van der Waals surface area contributed by atoms with Crippen molar-refractivity contribution >= 4 is 22.4 Å². The fourth-order valence-corrected chi connectivity index (χ4v) is 5.37. The topological polar surface area (TPSA) is 32.8 Å². The third-order valence-electron chi connectivity index (χ3n) is 7.08. The molecule has 1 saturated heterocycles. The summed E-state index contributed by atoms with van der Waals surface area (Å²) in [4.78, 5) is 17.2. The number of likely N-dealkylation sites (tertiary alicyclic amines) is 1. The number of methoxy groups -OCH3 is 1. The van der Waals surface area contributed by atoms with E-state index in [4.69, 9.17) is 4.74 Å². The van der Waals surface area contributed by atoms with Gasteiger partial charge >= 0.3 is 0 Å². The first kappa shape index (κ1) is 20.2. The van der Waals surface area contributed by atoms with Crippen LogP contribution in [0.1, 0.15) is 29.5 Å². The minimum atomic E-state index is 0.0584. The van der Waals surface area contributed by atoms with Crippen LogP contribution in [0.15, 0.2) is 60.7 Å². The zero-order valence-corrected chi connectivity index (χ0v) is 18.4. The van der Waals surface area contributed by atoms with Crippen molar-refractivity contribution in [2.75, 3.05) is 38.3 Å². The summed E-state index contributed by atoms with van der Waals surface area (Å²) in [5.41, 5.74) is 5.12. The van der Waals surface area contributed by atoms with E-state index in [9.17, 15) is 4.79 Å². The standard InChI is InChI=1S/C27H30N2O2/c1-20-7-10-25-24(15-20)27(19-29(25)26(30)18-31-2)11-13-28(14-12-27)17-21-8-9-22-5-3-4-6-23(22)16-21/h3-10,15-16H,11-14,17-19H2,1-2H3. The van der Waals surface area contributed by atoms with Gasteiger partial charge in [-0.25, -0.2) is 0 Å². The van der Waals surface area contributed by atoms with Gasteiger partial charge in [-0.05, 0) is 66.9 Å². The van der Waals surface area contributed by atoms with Crippen molar-refractivity contribution < 1.29 is 9.53 Å². The number of piperidine rings is 1. The summed E-state index contributed by atoms with van der Waals surface area (Å²) in [5.74, 6) is 0.0584. The number of benzene rings is 3. The molecule has 0 saturated carbocycles. The van der Waals surface area contributed by atoms with Crippen LogP contribution in [0.3, 0.4) is 0 Å². The summed E-state index contributed by atoms with van der Waals surface area (Å²) < 4.78 is 5.15. The lowest BCUT2D eigenvalue weighted by molar-refractivity contribution is -0.122. The molecule has 1 amide bonds. The van der Waals surface area contributed by atoms with Gasteiger partial charge in [0.1, 0.15) is 6.61 Å². The Labute approximate surface area is 184 Å². The van der Waals surface area contributed by atoms with E-state index in [1.807, 2.05) is 4.90 Å². The largest absolute Gasteiger partial charge is 0.375 e. The van der Waals surface area contributed by atoms with E-state index in [0.29, 0.717) is 0 Å². The Morgan fingerprint density at radius 3 is 2.55 bits per heavy atom. The van der Waals surface area contributed by atoms with Crippen molar-refractivity contribution in [2.24, 2.45) is 0 Å². The molecule has 4 nitrogen and oxygen atoms in total. The summed E-state index contributed by atoms with van der Waals surface area (Å²) in [6, 6.07) is 21.9. The normalized spacial score (nSPS) is 17.9. The Morgan fingerprint density at radius 2 is 1.77 bits per heavy atom. The number of carbonyl (C=O) groups is 1. The van der Waals surface area contributed by atoms with Gasteiger partial charge in [0.2, 0.25) is 0 Å². The summed E-state index contributed by atoms with van der Waals surface area (Å²) >= 11 is 0. The maximum atomic E-state index is 12.7. The highest BCUT2D eigenvalue weighted by Crippen LogP contribution is 2.47. The van der Waals surface area contributed by atoms with Gasteiger partial charge in [-0.3, -0.25) is 9.69 Å². The number of hydrogen-bond donors (Lipinski definition) is 0. The molecule has 5 rings (SSSR count). The average Bonchev–Trinajstić information content (AvgIpc) is 3.09. The minimum Gasteiger partial charge on any atom is -0.375 e. The van der Waals surface area contributed by atoms with Gasteiger partial charge in [0.05, 0.1) is 0 Å². The van der Waals surface area contributed by atoms with Crippen molar-refractivity contribution in [3.8, 4) is 0 Å². The fourth-order valence-electron chi connectivity index (χ4n) is 5.37. The Morgan fingerprint density at radius 1 is 1.00 bits per heavy atom. The number of anilines is 1. The molecule has 1 spiro atoms. The average molecular weight is 415 g/mol. The third-order valence-corrected chi connectivity index (χ3v) is 7.08. The first-order valence-electron chi connectivity index (χ1n) is 11.2. The van der Waals surface area contributed by atoms with Crippen molar-refractivity contribution in [1.82, 2.24) is 4.90 Å². The highest BCUT2D eigenvalue weighted by Gasteiger charge is 2.46. The van der Waals surface area contributed by atoms with E-state index in [1.165, 1.54) is 27.5 Å². The van der Waals surface area contributed by atoms with E-state index in [1.54, 1.807) is 7.11 Å². The molecule has 2 heterocycles. The molecule has 1 fully saturated rings. The maximum Gasteiger partial charge on any atom is 0.252 e. The fraction of sp³-hybridized carbons (Fsp3) is 0.370. The minimum absolute atomic E-state index is 0.0584. The van der Waals surface area contributed by atoms with E-state index < -0.39 is 0 Å². The van der Waals surface area contributed by atoms with E-state index in [0.717, 1.165) is 44.7 Å². The van der Waals surface area contributed by atoms with Crippen molar-refractivity contribution in [1.29, 1.82) is 0 Å². The van der Waals surface area contributed by atoms with Gasteiger partial charge < -0.3 is 9.64 Å². The van der Waals surface area contributed by atoms with Crippen LogP contribution in [0.4, 0.5) is 5.69 Å². The second-order valence-electron chi connectivity index (χ2n) is 9.17. The van der Waals surface area contributed by atoms with Gasteiger partial charge in [0.15, 0.2) is 0 Å². The number of aryl methyl sites for hydroxylation is 1. The maximum absolute atomic E-state index is 12.7. The SMILES string of the molecule is COCC(=O)N1CC2(CCN(Cc3ccc4ccccc4c3)CC2)c2cc(C)ccc21. The lowest BCUT2D eigenvalue weighted by atomic mass is 9.74. The quantitative estimate of drug-likeness (QED) is 0.622. The third kappa shape index (κ3) is 3.75. The lowest BCUT2D eigenvalue weighted by Crippen LogP contribution is -2.46. The Kier molecular flexibility index (Phi) is 5.28. The predicted octanol–water partition coefficient (Wildman–Crippen LogP) is 4.68. The van der Waals surface area contributed by atoms with Crippen molar-refractivity contribution in [3.05, 3.63) is 77.4 Å². The molecule has 4 heteroatoms. The first-order valence-corrected chi connectivity index (χ1v) is 11.2. The van der Waals surface area contributed by atoms with E-state index in [-0.39, 0.29) is 17.9 Å². The molecule has 3 aromatic rings. The molecule has 0 aliphatic carbocycles. The summed E-state index contributed by atoms with van der Waals surface area (Å²) in [7, 11) is 1.59. The molecule has 2 aliphatic heterocycles. The van der Waals surface area contributed by atoms with Crippen LogP contribution in [0.5, 0.6) is 0 Å². The van der Waals surface area contributed by atoms with Crippen LogP contribution in [0.25, 0.3) is 10.8 Å². The second kappa shape index (κ2) is 8.10. The van der Waals surface area contributed by atoms with E-state index in [2.05, 4.69) is 72.5 Å². The number of hydrogen-bond acceptors (Lipinski definition) is 3. The summed E-state index contributed by atoms with van der Waals surface area (Å²) in [6.45, 7) is 6.13. The Bertz CT molecular complexity index is 1120. The Hall–Kier alpha value is -2.69. The molecule has 0 aromatic heterocycles. The molecule has 0 N–H and O–H groups in total. The van der Waals surface area contributed by atoms with Crippen LogP contribution in [-0.2, 0) is 21.5 Å². The zero-order chi connectivity index (χ0) is 21.4. The molecular formula is C27H30N2O2. The predicted molar refractivity (Wildman–Crippen MR) is 126 cm³/mol. The number of ether oxygens (including phenoxy) is 1. The van der Waals surface area contributed by atoms with Gasteiger partial charge in [0.25, 0.3) is 5.91 Å². The van der Waals surface area contributed by atoms with Gasteiger partial charge in [0, 0.05) is 31.3 Å². The summed E-state index contributed by atoms with van der Waals surface area (Å²) in [6.07, 6.45) is 2.15. The number of amides is 1. The van der Waals surface area contributed by atoms with E-state index >= 15 is 0 Å². The number of nitrogens with zero attached hydrogens (tertiary/aromatic N) is 2. The molecule has 2 aliphatic rings. The smallest absolute Gasteiger partial charge is 0.252 e. The molecule has 31 heavy (non-hydrogen) atoms. The lowest BCUT2D eigenvalue weighted by Gasteiger charge is -2.40. The van der Waals surface area contributed by atoms with Crippen LogP contribution in [0, 0.1) is 6.92 Å². The highest BCUT2D eigenvalue weighted by atomic mass is 16.5. The molecule has 0 radical (unpaired) electrons. The summed E-state index contributed by atoms with van der Waals surface area (Å²) in [5, 5.41) is 2.60. The van der Waals surface area contributed by atoms with Gasteiger partial charge in [-0.2, -0.15) is 0 Å². The zero-order valence-electron chi connectivity index (χ0n) is 18.4. The number of fused-ring (bicyclic) bond motifs is 3. The molecule has 160 valence electrons. The van der Waals surface area contributed by atoms with Crippen LogP contribution >= 0.6 is 0 Å². The molecular weight excluding hydrogens is 384 g/mol. The monoisotopic (exact) mass is 414 g/mol. The highest BCUT2D eigenvalue weighted by molar-refractivity contribution is 5.97. The second-order valence-corrected chi connectivity index (χ2v) is 9.17. The molecule has 3 aromatic carbocycles. The van der Waals surface area contributed by atoms with Crippen LogP contribution < -0.4 is 4.90 Å². The first-order chi connectivity index (χ1) is 15.1.